The molecule has 0 heterocycles. The molecule has 0 saturated heterocycles. The lowest BCUT2D eigenvalue weighted by atomic mass is 10.0. The summed E-state index contributed by atoms with van der Waals surface area (Å²) in [5.74, 6) is -0.526. The molecule has 0 saturated carbocycles. The summed E-state index contributed by atoms with van der Waals surface area (Å²) in [7, 11) is 1.20. The number of allylic oxidation sites excluding steroid dienone is 3. The average Bonchev–Trinajstić information content (AvgIpc) is 3.41. The zero-order valence-corrected chi connectivity index (χ0v) is 54.5. The Labute approximate surface area is 492 Å². The van der Waals surface area contributed by atoms with E-state index < -0.39 is 20.0 Å². The van der Waals surface area contributed by atoms with Crippen molar-refractivity contribution >= 4 is 19.7 Å². The van der Waals surface area contributed by atoms with Gasteiger partial charge in [-0.15, -0.1) is 0 Å². The standard InChI is InChI=1S/C69H135N2O7P/c1-7-10-13-16-19-22-25-28-30-31-32-33-34-35-36-37-38-39-41-44-47-50-53-56-59-62-69(73)78-67(60-57-54-51-48-45-42-27-24-21-18-15-12-9-3)66(65-77-79(74,75)76-64-63-71(4,5)6)70-68(72)61-58-55-52-49-46-43-40-29-26-23-20-17-14-11-8-2/h23,26,57,60,66-67H,7-22,24-25,27-56,58-59,61-65H2,1-6H3,(H-,70,72,74,75)/b26-23-,60-57-. The molecule has 0 spiro atoms. The Morgan fingerprint density at radius 3 is 1.09 bits per heavy atom. The third-order valence-electron chi connectivity index (χ3n) is 15.9. The zero-order valence-electron chi connectivity index (χ0n) is 53.6. The number of nitrogens with zero attached hydrogens (tertiary/aromatic N) is 1. The quantitative estimate of drug-likeness (QED) is 0.0212. The van der Waals surface area contributed by atoms with Crippen molar-refractivity contribution in [3.8, 4) is 0 Å². The first-order valence-electron chi connectivity index (χ1n) is 34.6. The van der Waals surface area contributed by atoms with Gasteiger partial charge in [-0.25, -0.2) is 0 Å². The molecule has 0 rings (SSSR count). The summed E-state index contributed by atoms with van der Waals surface area (Å²) in [5, 5.41) is 3.04. The number of hydrogen-bond donors (Lipinski definition) is 1. The van der Waals surface area contributed by atoms with Gasteiger partial charge >= 0.3 is 5.97 Å². The maximum atomic E-state index is 13.5. The molecular formula is C69H135N2O7P. The molecule has 0 aliphatic carbocycles. The molecule has 0 aromatic rings. The van der Waals surface area contributed by atoms with E-state index in [1.807, 2.05) is 33.3 Å². The fraction of sp³-hybridized carbons (Fsp3) is 0.913. The fourth-order valence-electron chi connectivity index (χ4n) is 10.5. The van der Waals surface area contributed by atoms with Crippen molar-refractivity contribution in [1.82, 2.24) is 5.32 Å². The number of nitrogens with one attached hydrogen (secondary N) is 1. The van der Waals surface area contributed by atoms with E-state index in [1.54, 1.807) is 0 Å². The number of carbonyl (C=O) groups excluding carboxylic acids is 2. The minimum atomic E-state index is -4.70. The van der Waals surface area contributed by atoms with Crippen LogP contribution in [0, 0.1) is 0 Å². The van der Waals surface area contributed by atoms with Gasteiger partial charge in [0.1, 0.15) is 19.3 Å². The van der Waals surface area contributed by atoms with E-state index in [-0.39, 0.29) is 31.5 Å². The topological polar surface area (TPSA) is 114 Å². The normalized spacial score (nSPS) is 13.7. The van der Waals surface area contributed by atoms with Crippen LogP contribution in [0.5, 0.6) is 0 Å². The highest BCUT2D eigenvalue weighted by Gasteiger charge is 2.27. The highest BCUT2D eigenvalue weighted by Crippen LogP contribution is 2.38. The van der Waals surface area contributed by atoms with Crippen LogP contribution >= 0.6 is 7.82 Å². The lowest BCUT2D eigenvalue weighted by molar-refractivity contribution is -0.870. The number of esters is 1. The maximum Gasteiger partial charge on any atom is 0.306 e. The van der Waals surface area contributed by atoms with Gasteiger partial charge in [-0.1, -0.05) is 309 Å². The van der Waals surface area contributed by atoms with Crippen LogP contribution in [-0.4, -0.2) is 69.4 Å². The minimum absolute atomic E-state index is 0.0194. The molecule has 0 bridgehead atoms. The van der Waals surface area contributed by atoms with Crippen molar-refractivity contribution in [2.45, 2.75) is 367 Å². The van der Waals surface area contributed by atoms with E-state index in [9.17, 15) is 19.0 Å². The second kappa shape index (κ2) is 59.6. The van der Waals surface area contributed by atoms with Crippen molar-refractivity contribution in [2.75, 3.05) is 40.9 Å². The molecule has 10 heteroatoms. The van der Waals surface area contributed by atoms with Gasteiger partial charge in [-0.2, -0.15) is 0 Å². The Hall–Kier alpha value is -1.51. The third-order valence-corrected chi connectivity index (χ3v) is 16.8. The summed E-state index contributed by atoms with van der Waals surface area (Å²) in [6, 6.07) is -0.885. The number of quaternary nitrogens is 1. The molecule has 0 aliphatic heterocycles. The molecule has 3 unspecified atom stereocenters. The molecule has 0 aromatic heterocycles. The number of phosphoric ester groups is 1. The van der Waals surface area contributed by atoms with E-state index in [4.69, 9.17) is 13.8 Å². The van der Waals surface area contributed by atoms with Gasteiger partial charge in [0, 0.05) is 12.8 Å². The van der Waals surface area contributed by atoms with Gasteiger partial charge in [-0.05, 0) is 57.4 Å². The monoisotopic (exact) mass is 1140 g/mol. The van der Waals surface area contributed by atoms with Gasteiger partial charge in [0.05, 0.1) is 33.8 Å². The van der Waals surface area contributed by atoms with Crippen LogP contribution < -0.4 is 10.2 Å². The van der Waals surface area contributed by atoms with Crippen molar-refractivity contribution < 1.29 is 37.3 Å². The van der Waals surface area contributed by atoms with Crippen molar-refractivity contribution in [3.05, 3.63) is 24.3 Å². The van der Waals surface area contributed by atoms with Crippen molar-refractivity contribution in [1.29, 1.82) is 0 Å². The Balaban J connectivity index is 5.04. The minimum Gasteiger partial charge on any atom is -0.756 e. The number of ether oxygens (including phenoxy) is 1. The van der Waals surface area contributed by atoms with Crippen molar-refractivity contribution in [3.63, 3.8) is 0 Å². The highest BCUT2D eigenvalue weighted by atomic mass is 31.2. The Morgan fingerprint density at radius 2 is 0.734 bits per heavy atom. The molecule has 3 atom stereocenters. The molecule has 9 nitrogen and oxygen atoms in total. The lowest BCUT2D eigenvalue weighted by Crippen LogP contribution is -2.47. The molecular weight excluding hydrogens is 1000 g/mol. The predicted octanol–water partition coefficient (Wildman–Crippen LogP) is 21.0. The number of rotatable bonds is 64. The van der Waals surface area contributed by atoms with Gasteiger partial charge in [-0.3, -0.25) is 14.2 Å². The first-order valence-corrected chi connectivity index (χ1v) is 36.1. The molecule has 468 valence electrons. The van der Waals surface area contributed by atoms with Gasteiger partial charge in [0.25, 0.3) is 7.82 Å². The number of likely N-dealkylation sites (N-methyl/N-ethyl adjacent to an activating group) is 1. The van der Waals surface area contributed by atoms with Crippen LogP contribution in [0.1, 0.15) is 355 Å². The van der Waals surface area contributed by atoms with E-state index in [0.29, 0.717) is 17.4 Å². The molecule has 0 aromatic carbocycles. The van der Waals surface area contributed by atoms with Crippen LogP contribution in [0.25, 0.3) is 0 Å². The number of amides is 1. The molecule has 79 heavy (non-hydrogen) atoms. The smallest absolute Gasteiger partial charge is 0.306 e. The van der Waals surface area contributed by atoms with E-state index in [1.165, 1.54) is 250 Å². The predicted molar refractivity (Wildman–Crippen MR) is 340 cm³/mol. The SMILES string of the molecule is CCCCCC/C=C\CCCCCCCCCC(=O)NC(COP(=O)([O-])OCC[N+](C)(C)C)C(/C=C\CCCCCCCCCCCCC)OC(=O)CCCCCCCCCCCCCCCCCCCCCCCCCCC. The summed E-state index contributed by atoms with van der Waals surface area (Å²) in [6.07, 6.45) is 71.6. The summed E-state index contributed by atoms with van der Waals surface area (Å²) in [4.78, 5) is 40.1. The number of carbonyl (C=O) groups is 2. The highest BCUT2D eigenvalue weighted by molar-refractivity contribution is 7.45. The second-order valence-electron chi connectivity index (χ2n) is 25.0. The Kier molecular flexibility index (Phi) is 58.5. The van der Waals surface area contributed by atoms with Crippen molar-refractivity contribution in [2.24, 2.45) is 0 Å². The van der Waals surface area contributed by atoms with E-state index >= 15 is 0 Å². The van der Waals surface area contributed by atoms with Gasteiger partial charge < -0.3 is 28.5 Å². The zero-order chi connectivity index (χ0) is 57.9. The van der Waals surface area contributed by atoms with Crippen LogP contribution in [0.3, 0.4) is 0 Å². The summed E-state index contributed by atoms with van der Waals surface area (Å²) < 4.78 is 30.4. The summed E-state index contributed by atoms with van der Waals surface area (Å²) in [5.41, 5.74) is 0. The first kappa shape index (κ1) is 77.5. The van der Waals surface area contributed by atoms with Gasteiger partial charge in [0.15, 0.2) is 0 Å². The molecule has 0 radical (unpaired) electrons. The molecule has 1 N–H and O–H groups in total. The van der Waals surface area contributed by atoms with E-state index in [2.05, 4.69) is 38.2 Å². The Morgan fingerprint density at radius 1 is 0.430 bits per heavy atom. The first-order chi connectivity index (χ1) is 38.4. The number of phosphoric acid groups is 1. The number of hydrogen-bond acceptors (Lipinski definition) is 7. The van der Waals surface area contributed by atoms with Crippen LogP contribution in [0.2, 0.25) is 0 Å². The number of unbranched alkanes of at least 4 members (excludes halogenated alkanes) is 46. The molecule has 0 aliphatic rings. The van der Waals surface area contributed by atoms with Gasteiger partial charge in [0.2, 0.25) is 5.91 Å². The third kappa shape index (κ3) is 60.9. The summed E-state index contributed by atoms with van der Waals surface area (Å²) in [6.45, 7) is 6.89. The Bertz CT molecular complexity index is 1400. The fourth-order valence-corrected chi connectivity index (χ4v) is 11.2. The average molecular weight is 1140 g/mol. The van der Waals surface area contributed by atoms with Crippen LogP contribution in [0.15, 0.2) is 24.3 Å². The summed E-state index contributed by atoms with van der Waals surface area (Å²) >= 11 is 0. The van der Waals surface area contributed by atoms with E-state index in [0.717, 1.165) is 70.6 Å². The second-order valence-corrected chi connectivity index (χ2v) is 26.5. The largest absolute Gasteiger partial charge is 0.756 e. The maximum absolute atomic E-state index is 13.5. The lowest BCUT2D eigenvalue weighted by Gasteiger charge is -2.30. The molecule has 1 amide bonds. The molecule has 0 fully saturated rings. The van der Waals surface area contributed by atoms with Crippen LogP contribution in [-0.2, 0) is 27.9 Å². The van der Waals surface area contributed by atoms with Crippen LogP contribution in [0.4, 0.5) is 0 Å².